The smallest absolute Gasteiger partial charge is 0.328 e. The summed E-state index contributed by atoms with van der Waals surface area (Å²) in [6.45, 7) is 0.972. The summed E-state index contributed by atoms with van der Waals surface area (Å²) in [5.41, 5.74) is 1.08. The van der Waals surface area contributed by atoms with Crippen LogP contribution >= 0.6 is 15.9 Å². The van der Waals surface area contributed by atoms with Gasteiger partial charge in [-0.2, -0.15) is 0 Å². The van der Waals surface area contributed by atoms with Gasteiger partial charge in [-0.05, 0) is 30.7 Å². The van der Waals surface area contributed by atoms with Crippen LogP contribution in [0.3, 0.4) is 0 Å². The van der Waals surface area contributed by atoms with Crippen LogP contribution in [0.1, 0.15) is 11.1 Å². The first-order valence-electron chi connectivity index (χ1n) is 5.02. The van der Waals surface area contributed by atoms with Gasteiger partial charge in [-0.3, -0.25) is 0 Å². The number of carboxylic acids is 1. The molecule has 0 spiro atoms. The van der Waals surface area contributed by atoms with E-state index in [0.717, 1.165) is 10.5 Å². The van der Waals surface area contributed by atoms with E-state index in [1.165, 1.54) is 6.08 Å². The summed E-state index contributed by atoms with van der Waals surface area (Å²) in [7, 11) is 0. The quantitative estimate of drug-likeness (QED) is 0.845. The molecule has 0 aliphatic rings. The van der Waals surface area contributed by atoms with Crippen LogP contribution in [0.5, 0.6) is 5.75 Å². The molecular formula is C12H11BrF2O3. The predicted molar refractivity (Wildman–Crippen MR) is 67.0 cm³/mol. The maximum absolute atomic E-state index is 12.1. The molecule has 0 fully saturated rings. The molecule has 0 saturated heterocycles. The van der Waals surface area contributed by atoms with E-state index in [4.69, 9.17) is 9.84 Å². The largest absolute Gasteiger partial charge is 0.487 e. The van der Waals surface area contributed by atoms with Gasteiger partial charge in [0.1, 0.15) is 12.4 Å². The Labute approximate surface area is 111 Å². The Morgan fingerprint density at radius 2 is 2.22 bits per heavy atom. The highest BCUT2D eigenvalue weighted by Gasteiger charge is 2.10. The maximum atomic E-state index is 12.1. The summed E-state index contributed by atoms with van der Waals surface area (Å²) in [6.07, 6.45) is -0.346. The molecule has 1 rings (SSSR count). The zero-order valence-corrected chi connectivity index (χ0v) is 11.1. The number of aryl methyl sites for hydroxylation is 1. The van der Waals surface area contributed by atoms with Crippen molar-refractivity contribution in [3.8, 4) is 5.75 Å². The average Bonchev–Trinajstić information content (AvgIpc) is 2.24. The Bertz CT molecular complexity index is 473. The Hall–Kier alpha value is -1.43. The summed E-state index contributed by atoms with van der Waals surface area (Å²) < 4.78 is 30.0. The molecule has 98 valence electrons. The van der Waals surface area contributed by atoms with Crippen LogP contribution < -0.4 is 4.74 Å². The zero-order chi connectivity index (χ0) is 13.7. The van der Waals surface area contributed by atoms with E-state index in [0.29, 0.717) is 11.1 Å². The van der Waals surface area contributed by atoms with Gasteiger partial charge in [0.25, 0.3) is 6.43 Å². The van der Waals surface area contributed by atoms with Crippen LogP contribution in [0.15, 0.2) is 22.7 Å². The average molecular weight is 321 g/mol. The fourth-order valence-electron chi connectivity index (χ4n) is 1.38. The Morgan fingerprint density at radius 3 is 2.78 bits per heavy atom. The van der Waals surface area contributed by atoms with Crippen molar-refractivity contribution in [2.45, 2.75) is 13.3 Å². The molecular weight excluding hydrogens is 310 g/mol. The van der Waals surface area contributed by atoms with Crippen LogP contribution in [-0.2, 0) is 4.79 Å². The van der Waals surface area contributed by atoms with E-state index in [1.807, 2.05) is 0 Å². The zero-order valence-electron chi connectivity index (χ0n) is 9.49. The molecule has 0 aliphatic carbocycles. The van der Waals surface area contributed by atoms with Gasteiger partial charge in [0.05, 0.1) is 0 Å². The maximum Gasteiger partial charge on any atom is 0.328 e. The molecule has 0 aliphatic heterocycles. The fraction of sp³-hybridized carbons (Fsp3) is 0.250. The SMILES string of the molecule is Cc1cc(Br)cc(/C=C/C(=O)O)c1OCC(F)F. The molecule has 0 aromatic heterocycles. The second kappa shape index (κ2) is 6.49. The van der Waals surface area contributed by atoms with Gasteiger partial charge in [-0.1, -0.05) is 15.9 Å². The van der Waals surface area contributed by atoms with E-state index in [1.54, 1.807) is 19.1 Å². The number of hydrogen-bond acceptors (Lipinski definition) is 2. The van der Waals surface area contributed by atoms with Crippen molar-refractivity contribution in [1.82, 2.24) is 0 Å². The molecule has 6 heteroatoms. The van der Waals surface area contributed by atoms with Crippen molar-refractivity contribution in [2.75, 3.05) is 6.61 Å². The van der Waals surface area contributed by atoms with Crippen molar-refractivity contribution in [3.63, 3.8) is 0 Å². The number of aliphatic carboxylic acids is 1. The fourth-order valence-corrected chi connectivity index (χ4v) is 1.97. The molecule has 0 atom stereocenters. The molecule has 0 bridgehead atoms. The molecule has 18 heavy (non-hydrogen) atoms. The number of halogens is 3. The molecule has 1 aromatic rings. The van der Waals surface area contributed by atoms with Gasteiger partial charge in [-0.25, -0.2) is 13.6 Å². The lowest BCUT2D eigenvalue weighted by molar-refractivity contribution is -0.131. The molecule has 1 aromatic carbocycles. The number of benzene rings is 1. The standard InChI is InChI=1S/C12H11BrF2O3/c1-7-4-9(13)5-8(2-3-11(16)17)12(7)18-6-10(14)15/h2-5,10H,6H2,1H3,(H,16,17)/b3-2+. The minimum atomic E-state index is -2.58. The summed E-state index contributed by atoms with van der Waals surface area (Å²) in [5, 5.41) is 8.56. The molecule has 0 amide bonds. The topological polar surface area (TPSA) is 46.5 Å². The molecule has 3 nitrogen and oxygen atoms in total. The number of hydrogen-bond donors (Lipinski definition) is 1. The summed E-state index contributed by atoms with van der Waals surface area (Å²) in [6, 6.07) is 3.31. The highest BCUT2D eigenvalue weighted by molar-refractivity contribution is 9.10. The number of carboxylic acid groups (broad SMARTS) is 1. The molecule has 0 unspecified atom stereocenters. The number of alkyl halides is 2. The number of rotatable bonds is 5. The summed E-state index contributed by atoms with van der Waals surface area (Å²) in [4.78, 5) is 10.5. The van der Waals surface area contributed by atoms with Crippen molar-refractivity contribution in [1.29, 1.82) is 0 Å². The third kappa shape index (κ3) is 4.44. The van der Waals surface area contributed by atoms with Gasteiger partial charge in [0, 0.05) is 16.1 Å². The predicted octanol–water partition coefficient (Wildman–Crippen LogP) is 3.50. The minimum Gasteiger partial charge on any atom is -0.487 e. The van der Waals surface area contributed by atoms with E-state index in [2.05, 4.69) is 15.9 Å². The van der Waals surface area contributed by atoms with Gasteiger partial charge in [-0.15, -0.1) is 0 Å². The molecule has 0 radical (unpaired) electrons. The second-order valence-corrected chi connectivity index (χ2v) is 4.43. The molecule has 0 saturated carbocycles. The van der Waals surface area contributed by atoms with Crippen LogP contribution in [0, 0.1) is 6.92 Å². The lowest BCUT2D eigenvalue weighted by Crippen LogP contribution is -2.08. The van der Waals surface area contributed by atoms with Gasteiger partial charge in [0.2, 0.25) is 0 Å². The third-order valence-electron chi connectivity index (χ3n) is 2.03. The first-order valence-corrected chi connectivity index (χ1v) is 5.81. The highest BCUT2D eigenvalue weighted by Crippen LogP contribution is 2.29. The van der Waals surface area contributed by atoms with E-state index in [9.17, 15) is 13.6 Å². The van der Waals surface area contributed by atoms with Crippen molar-refractivity contribution in [2.24, 2.45) is 0 Å². The minimum absolute atomic E-state index is 0.260. The monoisotopic (exact) mass is 320 g/mol. The Kier molecular flexibility index (Phi) is 5.27. The van der Waals surface area contributed by atoms with Crippen molar-refractivity contribution in [3.05, 3.63) is 33.8 Å². The second-order valence-electron chi connectivity index (χ2n) is 3.51. The normalized spacial score (nSPS) is 11.2. The van der Waals surface area contributed by atoms with E-state index < -0.39 is 19.0 Å². The van der Waals surface area contributed by atoms with Crippen LogP contribution in [0.4, 0.5) is 8.78 Å². The third-order valence-corrected chi connectivity index (χ3v) is 2.49. The molecule has 0 heterocycles. The van der Waals surface area contributed by atoms with Crippen LogP contribution in [-0.4, -0.2) is 24.1 Å². The number of carbonyl (C=O) groups is 1. The van der Waals surface area contributed by atoms with Gasteiger partial charge >= 0.3 is 5.97 Å². The van der Waals surface area contributed by atoms with Crippen molar-refractivity contribution < 1.29 is 23.4 Å². The summed E-state index contributed by atoms with van der Waals surface area (Å²) >= 11 is 3.25. The van der Waals surface area contributed by atoms with Gasteiger partial charge in [0.15, 0.2) is 0 Å². The lowest BCUT2D eigenvalue weighted by atomic mass is 10.1. The lowest BCUT2D eigenvalue weighted by Gasteiger charge is -2.12. The Balaban J connectivity index is 3.08. The van der Waals surface area contributed by atoms with E-state index in [-0.39, 0.29) is 5.75 Å². The highest BCUT2D eigenvalue weighted by atomic mass is 79.9. The van der Waals surface area contributed by atoms with Crippen molar-refractivity contribution >= 4 is 28.0 Å². The van der Waals surface area contributed by atoms with E-state index >= 15 is 0 Å². The Morgan fingerprint density at radius 1 is 1.56 bits per heavy atom. The number of ether oxygens (including phenoxy) is 1. The first-order chi connectivity index (χ1) is 8.40. The van der Waals surface area contributed by atoms with Gasteiger partial charge < -0.3 is 9.84 Å². The first kappa shape index (κ1) is 14.6. The summed E-state index contributed by atoms with van der Waals surface area (Å²) in [5.74, 6) is -0.858. The molecule has 1 N–H and O–H groups in total. The van der Waals surface area contributed by atoms with Crippen LogP contribution in [0.25, 0.3) is 6.08 Å². The van der Waals surface area contributed by atoms with Crippen LogP contribution in [0.2, 0.25) is 0 Å².